The highest BCUT2D eigenvalue weighted by Crippen LogP contribution is 2.34. The van der Waals surface area contributed by atoms with E-state index in [0.29, 0.717) is 43.3 Å². The highest BCUT2D eigenvalue weighted by Gasteiger charge is 2.35. The lowest BCUT2D eigenvalue weighted by molar-refractivity contribution is -0.133. The summed E-state index contributed by atoms with van der Waals surface area (Å²) in [6.07, 6.45) is 2.52. The van der Waals surface area contributed by atoms with Crippen LogP contribution in [0.15, 0.2) is 72.0 Å². The average Bonchev–Trinajstić information content (AvgIpc) is 3.62. The lowest BCUT2D eigenvalue weighted by Gasteiger charge is -2.31. The molecule has 0 aliphatic carbocycles. The van der Waals surface area contributed by atoms with Crippen molar-refractivity contribution in [2.75, 3.05) is 53.0 Å². The molecule has 5 rings (SSSR count). The van der Waals surface area contributed by atoms with Gasteiger partial charge in [-0.1, -0.05) is 35.9 Å². The molecule has 0 spiro atoms. The van der Waals surface area contributed by atoms with E-state index in [1.165, 1.54) is 5.01 Å². The molecule has 0 saturated carbocycles. The minimum atomic E-state index is -0.306. The van der Waals surface area contributed by atoms with E-state index in [2.05, 4.69) is 4.90 Å². The Hall–Kier alpha value is -3.66. The largest absolute Gasteiger partial charge is 0.497 e. The van der Waals surface area contributed by atoms with Crippen molar-refractivity contribution in [2.45, 2.75) is 12.5 Å². The molecule has 210 valence electrons. The number of benzene rings is 2. The number of halogens is 1. The number of methoxy groups -OCH3 is 1. The molecule has 0 radical (unpaired) electrons. The molecule has 0 unspecified atom stereocenters. The first kappa shape index (κ1) is 27.9. The fourth-order valence-electron chi connectivity index (χ4n) is 5.12. The minimum absolute atomic E-state index is 0.120. The minimum Gasteiger partial charge on any atom is -0.497 e. The van der Waals surface area contributed by atoms with E-state index < -0.39 is 0 Å². The number of hydrazone groups is 1. The molecule has 2 amide bonds. The van der Waals surface area contributed by atoms with Gasteiger partial charge < -0.3 is 18.9 Å². The second kappa shape index (κ2) is 12.7. The van der Waals surface area contributed by atoms with Gasteiger partial charge >= 0.3 is 0 Å². The summed E-state index contributed by atoms with van der Waals surface area (Å²) < 4.78 is 12.8. The van der Waals surface area contributed by atoms with E-state index in [1.54, 1.807) is 36.3 Å². The Morgan fingerprint density at radius 3 is 2.50 bits per heavy atom. The van der Waals surface area contributed by atoms with Gasteiger partial charge in [-0.15, -0.1) is 0 Å². The van der Waals surface area contributed by atoms with Crippen molar-refractivity contribution < 1.29 is 19.1 Å². The molecule has 1 saturated heterocycles. The number of rotatable bonds is 9. The van der Waals surface area contributed by atoms with Crippen LogP contribution in [0.3, 0.4) is 0 Å². The lowest BCUT2D eigenvalue weighted by Crippen LogP contribution is -2.46. The average molecular weight is 564 g/mol. The van der Waals surface area contributed by atoms with E-state index in [1.807, 2.05) is 54.2 Å². The van der Waals surface area contributed by atoms with Crippen molar-refractivity contribution in [1.29, 1.82) is 0 Å². The van der Waals surface area contributed by atoms with Gasteiger partial charge in [0.15, 0.2) is 0 Å². The van der Waals surface area contributed by atoms with Gasteiger partial charge in [-0.05, 0) is 42.0 Å². The van der Waals surface area contributed by atoms with Crippen LogP contribution >= 0.6 is 11.6 Å². The maximum Gasteiger partial charge on any atom is 0.262 e. The molecular formula is C30H34ClN5O4. The van der Waals surface area contributed by atoms with Crippen LogP contribution in [-0.4, -0.2) is 89.9 Å². The number of carbonyl (C=O) groups excluding carboxylic acids is 2. The Morgan fingerprint density at radius 2 is 1.82 bits per heavy atom. The van der Waals surface area contributed by atoms with Crippen molar-refractivity contribution in [3.8, 4) is 5.75 Å². The summed E-state index contributed by atoms with van der Waals surface area (Å²) in [6.45, 7) is 3.79. The lowest BCUT2D eigenvalue weighted by atomic mass is 10.0. The SMILES string of the molecule is COc1ccc([C@@H]2CC(c3cccn3C)=NN2C(=O)CN(CCN2CCOCC2)C(=O)c2ccccc2Cl)cc1. The Bertz CT molecular complexity index is 1370. The first-order valence-corrected chi connectivity index (χ1v) is 13.8. The van der Waals surface area contributed by atoms with Crippen LogP contribution in [0.2, 0.25) is 5.02 Å². The Balaban J connectivity index is 1.42. The predicted molar refractivity (Wildman–Crippen MR) is 154 cm³/mol. The number of nitrogens with zero attached hydrogens (tertiary/aromatic N) is 5. The topological polar surface area (TPSA) is 79.6 Å². The third-order valence-electron chi connectivity index (χ3n) is 7.41. The van der Waals surface area contributed by atoms with Crippen molar-refractivity contribution in [3.05, 3.63) is 88.7 Å². The molecule has 2 aromatic carbocycles. The van der Waals surface area contributed by atoms with Crippen molar-refractivity contribution in [3.63, 3.8) is 0 Å². The van der Waals surface area contributed by atoms with Gasteiger partial charge in [-0.3, -0.25) is 14.5 Å². The van der Waals surface area contributed by atoms with Crippen molar-refractivity contribution >= 4 is 29.1 Å². The molecule has 1 fully saturated rings. The van der Waals surface area contributed by atoms with Gasteiger partial charge in [0, 0.05) is 45.8 Å². The normalized spacial score (nSPS) is 17.5. The van der Waals surface area contributed by atoms with Crippen LogP contribution < -0.4 is 4.74 Å². The monoisotopic (exact) mass is 563 g/mol. The van der Waals surface area contributed by atoms with Gasteiger partial charge in [-0.25, -0.2) is 5.01 Å². The van der Waals surface area contributed by atoms with Crippen LogP contribution in [-0.2, 0) is 16.6 Å². The number of ether oxygens (including phenoxy) is 2. The van der Waals surface area contributed by atoms with Gasteiger partial charge in [0.05, 0.1) is 48.4 Å². The summed E-state index contributed by atoms with van der Waals surface area (Å²) in [4.78, 5) is 31.5. The quantitative estimate of drug-likeness (QED) is 0.395. The highest BCUT2D eigenvalue weighted by atomic mass is 35.5. The third kappa shape index (κ3) is 6.22. The zero-order valence-electron chi connectivity index (χ0n) is 22.8. The van der Waals surface area contributed by atoms with Gasteiger partial charge in [-0.2, -0.15) is 5.10 Å². The molecular weight excluding hydrogens is 530 g/mol. The molecule has 2 aliphatic heterocycles. The zero-order chi connectivity index (χ0) is 28.1. The second-order valence-corrected chi connectivity index (χ2v) is 10.4. The van der Waals surface area contributed by atoms with E-state index in [-0.39, 0.29) is 24.4 Å². The number of hydrogen-bond donors (Lipinski definition) is 0. The molecule has 9 nitrogen and oxygen atoms in total. The smallest absolute Gasteiger partial charge is 0.262 e. The first-order chi connectivity index (χ1) is 19.4. The molecule has 0 N–H and O–H groups in total. The van der Waals surface area contributed by atoms with E-state index >= 15 is 0 Å². The van der Waals surface area contributed by atoms with Gasteiger partial charge in [0.25, 0.3) is 11.8 Å². The first-order valence-electron chi connectivity index (χ1n) is 13.4. The predicted octanol–water partition coefficient (Wildman–Crippen LogP) is 3.84. The molecule has 1 aromatic heterocycles. The van der Waals surface area contributed by atoms with E-state index in [4.69, 9.17) is 26.2 Å². The number of morpholine rings is 1. The van der Waals surface area contributed by atoms with E-state index in [0.717, 1.165) is 35.8 Å². The molecule has 3 aromatic rings. The Kier molecular flexibility index (Phi) is 8.84. The van der Waals surface area contributed by atoms with Gasteiger partial charge in [0.1, 0.15) is 12.3 Å². The number of aromatic nitrogens is 1. The fraction of sp³-hybridized carbons (Fsp3) is 0.367. The van der Waals surface area contributed by atoms with Crippen LogP contribution in [0.1, 0.15) is 34.1 Å². The maximum absolute atomic E-state index is 14.0. The molecule has 2 aliphatic rings. The van der Waals surface area contributed by atoms with Crippen LogP contribution in [0.4, 0.5) is 0 Å². The number of aryl methyl sites for hydroxylation is 1. The Morgan fingerprint density at radius 1 is 1.07 bits per heavy atom. The second-order valence-electron chi connectivity index (χ2n) is 9.94. The fourth-order valence-corrected chi connectivity index (χ4v) is 5.34. The summed E-state index contributed by atoms with van der Waals surface area (Å²) in [5, 5.41) is 6.69. The van der Waals surface area contributed by atoms with Crippen molar-refractivity contribution in [1.82, 2.24) is 19.4 Å². The number of hydrogen-bond acceptors (Lipinski definition) is 6. The summed E-state index contributed by atoms with van der Waals surface area (Å²) in [6, 6.07) is 18.3. The summed E-state index contributed by atoms with van der Waals surface area (Å²) in [7, 11) is 3.58. The standard InChI is InChI=1S/C30H34ClN5O4/c1-33-13-5-8-27(33)26-20-28(22-9-11-23(39-2)12-10-22)36(32-26)29(37)21-35(15-14-34-16-18-40-19-17-34)30(38)24-6-3-4-7-25(24)31/h3-13,28H,14-21H2,1-2H3/t28-/m0/s1. The molecule has 3 heterocycles. The van der Waals surface area contributed by atoms with Crippen LogP contribution in [0, 0.1) is 0 Å². The van der Waals surface area contributed by atoms with Crippen LogP contribution in [0.25, 0.3) is 0 Å². The molecule has 1 atom stereocenters. The van der Waals surface area contributed by atoms with Crippen LogP contribution in [0.5, 0.6) is 5.75 Å². The van der Waals surface area contributed by atoms with Crippen molar-refractivity contribution in [2.24, 2.45) is 12.1 Å². The number of carbonyl (C=O) groups is 2. The van der Waals surface area contributed by atoms with Gasteiger partial charge in [0.2, 0.25) is 0 Å². The molecule has 40 heavy (non-hydrogen) atoms. The summed E-state index contributed by atoms with van der Waals surface area (Å²) in [5.74, 6) is 0.203. The molecule has 10 heteroatoms. The summed E-state index contributed by atoms with van der Waals surface area (Å²) >= 11 is 6.39. The number of amides is 2. The third-order valence-corrected chi connectivity index (χ3v) is 7.74. The Labute approximate surface area is 239 Å². The highest BCUT2D eigenvalue weighted by molar-refractivity contribution is 6.33. The zero-order valence-corrected chi connectivity index (χ0v) is 23.6. The summed E-state index contributed by atoms with van der Waals surface area (Å²) in [5.41, 5.74) is 3.09. The maximum atomic E-state index is 14.0. The molecule has 0 bridgehead atoms. The van der Waals surface area contributed by atoms with E-state index in [9.17, 15) is 9.59 Å².